The Hall–Kier alpha value is -4.93. The maximum Gasteiger partial charge on any atom is 0.355 e. The van der Waals surface area contributed by atoms with Gasteiger partial charge < -0.3 is 36.8 Å². The van der Waals surface area contributed by atoms with Gasteiger partial charge >= 0.3 is 5.97 Å². The molecule has 4 aliphatic rings. The molecule has 4 aliphatic heterocycles. The first-order valence-corrected chi connectivity index (χ1v) is 18.0. The Labute approximate surface area is 293 Å². The normalized spacial score (nSPS) is 23.6. The van der Waals surface area contributed by atoms with Crippen LogP contribution in [0.15, 0.2) is 56.3 Å². The van der Waals surface area contributed by atoms with E-state index < -0.39 is 52.4 Å². The maximum atomic E-state index is 13.5. The lowest BCUT2D eigenvalue weighted by atomic mass is 10.0. The van der Waals surface area contributed by atoms with E-state index in [0.717, 1.165) is 28.2 Å². The molecule has 18 nitrogen and oxygen atoms in total. The lowest BCUT2D eigenvalue weighted by molar-refractivity contribution is -0.146. The number of carbonyl (C=O) groups excluding carboxylic acids is 5. The van der Waals surface area contributed by atoms with Gasteiger partial charge in [0, 0.05) is 34.4 Å². The summed E-state index contributed by atoms with van der Waals surface area (Å²) in [4.78, 5) is 74.0. The molecular weight excluding hydrogens is 721 g/mol. The van der Waals surface area contributed by atoms with Gasteiger partial charge in [0.15, 0.2) is 21.7 Å². The number of nitrogens with two attached hydrogens (primary N) is 1. The molecule has 2 unspecified atom stereocenters. The zero-order valence-electron chi connectivity index (χ0n) is 25.2. The zero-order valence-corrected chi connectivity index (χ0v) is 28.4. The number of hydrogen-bond acceptors (Lipinski definition) is 18. The average Bonchev–Trinajstić information content (AvgIpc) is 3.81. The van der Waals surface area contributed by atoms with Crippen molar-refractivity contribution in [3.05, 3.63) is 57.3 Å². The van der Waals surface area contributed by atoms with Crippen molar-refractivity contribution in [2.45, 2.75) is 29.8 Å². The Morgan fingerprint density at radius 1 is 1.12 bits per heavy atom. The highest BCUT2D eigenvalue weighted by Crippen LogP contribution is 2.41. The number of cyclic esters (lactones) is 1. The van der Waals surface area contributed by atoms with Crippen molar-refractivity contribution in [3.63, 3.8) is 0 Å². The first kappa shape index (κ1) is 34.0. The van der Waals surface area contributed by atoms with E-state index in [1.807, 2.05) is 0 Å². The van der Waals surface area contributed by atoms with Crippen LogP contribution in [-0.2, 0) is 28.7 Å². The van der Waals surface area contributed by atoms with Crippen LogP contribution in [0.3, 0.4) is 0 Å². The zero-order chi connectivity index (χ0) is 35.0. The lowest BCUT2D eigenvalue weighted by Crippen LogP contribution is -2.71. The summed E-state index contributed by atoms with van der Waals surface area (Å²) in [5.41, 5.74) is 6.49. The molecule has 8 N–H and O–H groups in total. The molecule has 0 saturated carbocycles. The number of amides is 4. The summed E-state index contributed by atoms with van der Waals surface area (Å²) in [6, 6.07) is -1.04. The third kappa shape index (κ3) is 6.46. The fourth-order valence-corrected chi connectivity index (χ4v) is 8.92. The van der Waals surface area contributed by atoms with E-state index in [1.54, 1.807) is 6.92 Å². The molecule has 0 radical (unpaired) electrons. The predicted molar refractivity (Wildman–Crippen MR) is 181 cm³/mol. The van der Waals surface area contributed by atoms with Crippen LogP contribution in [0.4, 0.5) is 10.3 Å². The number of fused-ring (bicyclic) bond motifs is 1. The third-order valence-corrected chi connectivity index (χ3v) is 11.5. The summed E-state index contributed by atoms with van der Waals surface area (Å²) in [5.74, 6) is -2.50. The van der Waals surface area contributed by atoms with Crippen molar-refractivity contribution in [2.24, 2.45) is 10.3 Å². The van der Waals surface area contributed by atoms with Gasteiger partial charge in [0.25, 0.3) is 23.6 Å². The molecule has 6 rings (SSSR count). The fraction of sp³-hybridized carbons (Fsp3) is 0.296. The van der Waals surface area contributed by atoms with Crippen molar-refractivity contribution in [3.8, 4) is 0 Å². The van der Waals surface area contributed by atoms with Gasteiger partial charge in [-0.05, 0) is 12.5 Å². The molecule has 0 aromatic carbocycles. The third-order valence-electron chi connectivity index (χ3n) is 7.60. The van der Waals surface area contributed by atoms with E-state index in [4.69, 9.17) is 10.5 Å². The number of carbonyl (C=O) groups is 5. The molecule has 49 heavy (non-hydrogen) atoms. The van der Waals surface area contributed by atoms with Gasteiger partial charge in [-0.2, -0.15) is 0 Å². The van der Waals surface area contributed by atoms with Gasteiger partial charge in [0.05, 0.1) is 5.37 Å². The predicted octanol–water partition coefficient (Wildman–Crippen LogP) is -0.00480. The van der Waals surface area contributed by atoms with Gasteiger partial charge in [0.1, 0.15) is 40.3 Å². The number of β-lactam (4-membered cyclic amide) rings is 1. The first-order chi connectivity index (χ1) is 23.5. The Morgan fingerprint density at radius 2 is 1.84 bits per heavy atom. The van der Waals surface area contributed by atoms with Crippen molar-refractivity contribution >= 4 is 97.5 Å². The second-order valence-electron chi connectivity index (χ2n) is 10.5. The topological polar surface area (TPSA) is 263 Å². The second kappa shape index (κ2) is 13.9. The Balaban J connectivity index is 1.08. The summed E-state index contributed by atoms with van der Waals surface area (Å²) in [6.07, 6.45) is 1.14. The molecule has 2 aromatic rings. The first-order valence-electron chi connectivity index (χ1n) is 14.2. The molecule has 22 heteroatoms. The number of allylic oxidation sites excluding steroid dienone is 1. The number of aromatic nitrogens is 2. The average molecular weight is 747 g/mol. The van der Waals surface area contributed by atoms with Gasteiger partial charge in [-0.1, -0.05) is 23.0 Å². The highest BCUT2D eigenvalue weighted by atomic mass is 32.2. The minimum atomic E-state index is -1.04. The molecule has 2 aromatic heterocycles. The minimum Gasteiger partial charge on any atom is -0.453 e. The van der Waals surface area contributed by atoms with Crippen LogP contribution >= 0.6 is 46.2 Å². The highest BCUT2D eigenvalue weighted by Gasteiger charge is 2.54. The van der Waals surface area contributed by atoms with Crippen LogP contribution in [-0.4, -0.2) is 107 Å². The van der Waals surface area contributed by atoms with Crippen LogP contribution in [0.1, 0.15) is 18.3 Å². The number of ether oxygens (including phenoxy) is 1. The lowest BCUT2D eigenvalue weighted by Gasteiger charge is -2.49. The summed E-state index contributed by atoms with van der Waals surface area (Å²) in [6.45, 7) is 5.63. The fourth-order valence-electron chi connectivity index (χ4n) is 5.18. The van der Waals surface area contributed by atoms with Crippen LogP contribution in [0.5, 0.6) is 0 Å². The van der Waals surface area contributed by atoms with E-state index in [0.29, 0.717) is 17.0 Å². The van der Waals surface area contributed by atoms with E-state index in [1.165, 1.54) is 45.3 Å². The van der Waals surface area contributed by atoms with Crippen molar-refractivity contribution in [1.29, 1.82) is 0 Å². The molecule has 0 aliphatic carbocycles. The monoisotopic (exact) mass is 746 g/mol. The van der Waals surface area contributed by atoms with Crippen LogP contribution < -0.4 is 27.0 Å². The minimum absolute atomic E-state index is 0.000549. The van der Waals surface area contributed by atoms with E-state index in [9.17, 15) is 34.4 Å². The molecule has 0 spiro atoms. The molecule has 0 bridgehead atoms. The number of nitrogen functional groups attached to an aromatic ring is 1. The van der Waals surface area contributed by atoms with E-state index in [-0.39, 0.29) is 51.1 Å². The Morgan fingerprint density at radius 3 is 2.53 bits per heavy atom. The number of esters is 1. The van der Waals surface area contributed by atoms with Crippen molar-refractivity contribution in [1.82, 2.24) is 30.8 Å². The quantitative estimate of drug-likeness (QED) is 0.0555. The molecule has 256 valence electrons. The smallest absolute Gasteiger partial charge is 0.355 e. The van der Waals surface area contributed by atoms with Gasteiger partial charge in [-0.15, -0.1) is 46.2 Å². The summed E-state index contributed by atoms with van der Waals surface area (Å²) >= 11 is 4.76. The molecule has 4 atom stereocenters. The standard InChI is InChI=1S/C27H26N10O8S4/c1-3-10-5-47-24-18(33-21(39)17(36-44)12-7-48-26(28)30-12)23(41)37(24)19(10)22(40)34-27-31-13(8-49-27)16(35-43)20(38)29-4-14-32-15-11(6-46-14)9(2)45-25(15)42/h3,7-9,14,18,24,32,43-44H,1,4-6H2,2H3,(H2,28,30)(H,29,38)(H,33,39)(H,31,34,40)/b35-16-,36-17-/t9?,14?,18-,24-/m1/s1. The Kier molecular flexibility index (Phi) is 9.63. The summed E-state index contributed by atoms with van der Waals surface area (Å²) in [7, 11) is 0. The number of hydrogen-bond donors (Lipinski definition) is 7. The van der Waals surface area contributed by atoms with Gasteiger partial charge in [-0.25, -0.2) is 14.8 Å². The van der Waals surface area contributed by atoms with Crippen molar-refractivity contribution in [2.75, 3.05) is 29.1 Å². The maximum absolute atomic E-state index is 13.5. The molecular formula is C27H26N10O8S4. The largest absolute Gasteiger partial charge is 0.453 e. The SMILES string of the molecule is C=CC1=C(C(=O)Nc2nc(/C(=N/O)C(=O)NCC3NC4=C(CS3)C(C)OC4=O)cs2)N2C(=O)[C@@H](NC(=O)/C(=N\O)c3csc(N)n3)[C@H]2SC1. The Bertz CT molecular complexity index is 1900. The summed E-state index contributed by atoms with van der Waals surface area (Å²) in [5, 5.41) is 38.0. The number of thiazole rings is 2. The van der Waals surface area contributed by atoms with Crippen molar-refractivity contribution < 1.29 is 39.1 Å². The van der Waals surface area contributed by atoms with E-state index >= 15 is 0 Å². The highest BCUT2D eigenvalue weighted by molar-refractivity contribution is 8.00. The number of nitrogens with zero attached hydrogens (tertiary/aromatic N) is 5. The van der Waals surface area contributed by atoms with Gasteiger partial charge in [-0.3, -0.25) is 29.4 Å². The van der Waals surface area contributed by atoms with E-state index in [2.05, 4.69) is 48.1 Å². The number of nitrogens with one attached hydrogen (secondary N) is 4. The number of oxime groups is 2. The van der Waals surface area contributed by atoms with Crippen LogP contribution in [0.2, 0.25) is 0 Å². The second-order valence-corrected chi connectivity index (χ2v) is 14.5. The molecule has 4 amide bonds. The number of thioether (sulfide) groups is 2. The number of rotatable bonds is 10. The van der Waals surface area contributed by atoms with Crippen LogP contribution in [0.25, 0.3) is 0 Å². The molecule has 6 heterocycles. The number of anilines is 2. The molecule has 1 saturated heterocycles. The van der Waals surface area contributed by atoms with Gasteiger partial charge in [0.2, 0.25) is 0 Å². The van der Waals surface area contributed by atoms with Crippen LogP contribution in [0, 0.1) is 0 Å². The molecule has 1 fully saturated rings. The summed E-state index contributed by atoms with van der Waals surface area (Å²) < 4.78 is 5.22.